The van der Waals surface area contributed by atoms with Gasteiger partial charge in [-0.2, -0.15) is 0 Å². The predicted molar refractivity (Wildman–Crippen MR) is 106 cm³/mol. The summed E-state index contributed by atoms with van der Waals surface area (Å²) >= 11 is 0. The molecule has 0 heteroatoms. The monoisotopic (exact) mass is 332 g/mol. The molecule has 3 saturated carbocycles. The van der Waals surface area contributed by atoms with E-state index in [4.69, 9.17) is 0 Å². The predicted octanol–water partition coefficient (Wildman–Crippen LogP) is 7.72. The van der Waals surface area contributed by atoms with E-state index in [2.05, 4.69) is 27.7 Å². The molecule has 0 amide bonds. The molecule has 8 atom stereocenters. The molecule has 0 aromatic carbocycles. The maximum absolute atomic E-state index is 2.67. The molecule has 140 valence electrons. The third-order valence-corrected chi connectivity index (χ3v) is 8.72. The van der Waals surface area contributed by atoms with Crippen LogP contribution in [-0.4, -0.2) is 0 Å². The summed E-state index contributed by atoms with van der Waals surface area (Å²) in [6.07, 6.45) is 18.2. The maximum atomic E-state index is 2.67. The second-order valence-corrected chi connectivity index (χ2v) is 10.3. The van der Waals surface area contributed by atoms with Gasteiger partial charge in [0.15, 0.2) is 0 Å². The Bertz CT molecular complexity index is 372. The minimum atomic E-state index is 0.964. The Balaban J connectivity index is 1.72. The van der Waals surface area contributed by atoms with E-state index in [0.717, 1.165) is 47.3 Å². The lowest BCUT2D eigenvalue weighted by Gasteiger charge is -2.45. The van der Waals surface area contributed by atoms with Crippen LogP contribution in [0.4, 0.5) is 0 Å². The topological polar surface area (TPSA) is 0 Å². The molecular weight excluding hydrogens is 288 g/mol. The van der Waals surface area contributed by atoms with E-state index in [9.17, 15) is 0 Å². The molecule has 0 aromatic heterocycles. The van der Waals surface area contributed by atoms with Crippen molar-refractivity contribution in [1.29, 1.82) is 0 Å². The zero-order valence-corrected chi connectivity index (χ0v) is 17.1. The van der Waals surface area contributed by atoms with Gasteiger partial charge in [-0.25, -0.2) is 0 Å². The lowest BCUT2D eigenvalue weighted by Crippen LogP contribution is -2.37. The average molecular weight is 333 g/mol. The maximum Gasteiger partial charge on any atom is -0.0326 e. The van der Waals surface area contributed by atoms with Crippen molar-refractivity contribution < 1.29 is 0 Å². The second-order valence-electron chi connectivity index (χ2n) is 10.3. The Morgan fingerprint density at radius 3 is 1.71 bits per heavy atom. The normalized spacial score (nSPS) is 43.5. The van der Waals surface area contributed by atoms with Gasteiger partial charge in [0.1, 0.15) is 0 Å². The summed E-state index contributed by atoms with van der Waals surface area (Å²) in [6, 6.07) is 0. The van der Waals surface area contributed by atoms with Gasteiger partial charge in [-0.1, -0.05) is 85.5 Å². The van der Waals surface area contributed by atoms with Crippen LogP contribution < -0.4 is 0 Å². The first kappa shape index (κ1) is 18.8. The van der Waals surface area contributed by atoms with Crippen molar-refractivity contribution in [3.63, 3.8) is 0 Å². The standard InChI is InChI=1S/C24H44/c1-17-10-5-7-13-21(17)16-20(4)24(23-15-9-12-19(23)3)22-14-8-6-11-18(22)2/h17-24H,5-16H2,1-4H3. The van der Waals surface area contributed by atoms with E-state index < -0.39 is 0 Å². The second kappa shape index (κ2) is 8.59. The molecular formula is C24H44. The Kier molecular flexibility index (Phi) is 6.72. The smallest absolute Gasteiger partial charge is 0.0326 e. The first-order valence-electron chi connectivity index (χ1n) is 11.6. The van der Waals surface area contributed by atoms with Crippen molar-refractivity contribution >= 4 is 0 Å². The number of hydrogen-bond donors (Lipinski definition) is 0. The molecule has 3 aliphatic rings. The average Bonchev–Trinajstić information content (AvgIpc) is 2.98. The molecule has 0 saturated heterocycles. The summed E-state index contributed by atoms with van der Waals surface area (Å²) < 4.78 is 0. The highest BCUT2D eigenvalue weighted by Gasteiger charge is 2.41. The van der Waals surface area contributed by atoms with E-state index in [-0.39, 0.29) is 0 Å². The molecule has 0 spiro atoms. The van der Waals surface area contributed by atoms with Crippen LogP contribution >= 0.6 is 0 Å². The lowest BCUT2D eigenvalue weighted by molar-refractivity contribution is 0.0467. The third-order valence-electron chi connectivity index (χ3n) is 8.72. The van der Waals surface area contributed by atoms with Crippen LogP contribution in [0.15, 0.2) is 0 Å². The largest absolute Gasteiger partial charge is 0.0622 e. The van der Waals surface area contributed by atoms with Gasteiger partial charge in [-0.15, -0.1) is 0 Å². The number of hydrogen-bond acceptors (Lipinski definition) is 0. The van der Waals surface area contributed by atoms with Gasteiger partial charge in [0.25, 0.3) is 0 Å². The van der Waals surface area contributed by atoms with Crippen molar-refractivity contribution in [2.24, 2.45) is 47.3 Å². The summed E-state index contributed by atoms with van der Waals surface area (Å²) in [6.45, 7) is 10.4. The van der Waals surface area contributed by atoms with E-state index >= 15 is 0 Å². The van der Waals surface area contributed by atoms with Crippen LogP contribution in [0.2, 0.25) is 0 Å². The Morgan fingerprint density at radius 2 is 1.12 bits per heavy atom. The van der Waals surface area contributed by atoms with E-state index in [0.29, 0.717) is 0 Å². The summed E-state index contributed by atoms with van der Waals surface area (Å²) in [5.74, 6) is 8.10. The summed E-state index contributed by atoms with van der Waals surface area (Å²) in [7, 11) is 0. The van der Waals surface area contributed by atoms with Crippen molar-refractivity contribution in [2.75, 3.05) is 0 Å². The fourth-order valence-corrected chi connectivity index (χ4v) is 7.20. The molecule has 0 heterocycles. The van der Waals surface area contributed by atoms with Crippen molar-refractivity contribution in [3.8, 4) is 0 Å². The fourth-order valence-electron chi connectivity index (χ4n) is 7.20. The molecule has 0 aliphatic heterocycles. The van der Waals surface area contributed by atoms with Gasteiger partial charge in [0.2, 0.25) is 0 Å². The first-order chi connectivity index (χ1) is 11.6. The van der Waals surface area contributed by atoms with Crippen LogP contribution in [0.3, 0.4) is 0 Å². The zero-order chi connectivity index (χ0) is 17.1. The highest BCUT2D eigenvalue weighted by molar-refractivity contribution is 4.91. The van der Waals surface area contributed by atoms with Crippen molar-refractivity contribution in [1.82, 2.24) is 0 Å². The molecule has 0 radical (unpaired) electrons. The van der Waals surface area contributed by atoms with E-state index in [1.54, 1.807) is 12.8 Å². The molecule has 3 rings (SSSR count). The first-order valence-corrected chi connectivity index (χ1v) is 11.6. The molecule has 0 bridgehead atoms. The minimum Gasteiger partial charge on any atom is -0.0622 e. The molecule has 3 aliphatic carbocycles. The van der Waals surface area contributed by atoms with Crippen LogP contribution in [0.25, 0.3) is 0 Å². The minimum absolute atomic E-state index is 0.964. The van der Waals surface area contributed by atoms with Crippen LogP contribution in [-0.2, 0) is 0 Å². The highest BCUT2D eigenvalue weighted by Crippen LogP contribution is 2.50. The van der Waals surface area contributed by atoms with E-state index in [1.165, 1.54) is 64.2 Å². The molecule has 0 nitrogen and oxygen atoms in total. The Labute approximate surface area is 152 Å². The van der Waals surface area contributed by atoms with Gasteiger partial charge in [-0.05, 0) is 66.6 Å². The summed E-state index contributed by atoms with van der Waals surface area (Å²) in [4.78, 5) is 0. The third kappa shape index (κ3) is 4.21. The van der Waals surface area contributed by atoms with Gasteiger partial charge in [0, 0.05) is 0 Å². The van der Waals surface area contributed by atoms with Gasteiger partial charge in [0.05, 0.1) is 0 Å². The van der Waals surface area contributed by atoms with Gasteiger partial charge < -0.3 is 0 Å². The van der Waals surface area contributed by atoms with Crippen molar-refractivity contribution in [2.45, 2.75) is 105 Å². The van der Waals surface area contributed by atoms with Crippen molar-refractivity contribution in [3.05, 3.63) is 0 Å². The lowest BCUT2D eigenvalue weighted by atomic mass is 9.61. The number of rotatable bonds is 5. The molecule has 0 N–H and O–H groups in total. The zero-order valence-electron chi connectivity index (χ0n) is 17.1. The summed E-state index contributed by atoms with van der Waals surface area (Å²) in [5, 5.41) is 0. The Hall–Kier alpha value is 0. The molecule has 3 fully saturated rings. The van der Waals surface area contributed by atoms with Crippen LogP contribution in [0.1, 0.15) is 105 Å². The molecule has 0 aromatic rings. The highest BCUT2D eigenvalue weighted by atomic mass is 14.5. The van der Waals surface area contributed by atoms with Crippen LogP contribution in [0.5, 0.6) is 0 Å². The SMILES string of the molecule is CC1CCCCC1CC(C)C(C1CCCCC1C)C1CCCC1C. The molecule has 24 heavy (non-hydrogen) atoms. The molecule has 8 unspecified atom stereocenters. The van der Waals surface area contributed by atoms with Crippen LogP contribution in [0, 0.1) is 47.3 Å². The quantitative estimate of drug-likeness (QED) is 0.483. The van der Waals surface area contributed by atoms with Gasteiger partial charge in [-0.3, -0.25) is 0 Å². The summed E-state index contributed by atoms with van der Waals surface area (Å²) in [5.41, 5.74) is 0. The van der Waals surface area contributed by atoms with Gasteiger partial charge >= 0.3 is 0 Å². The Morgan fingerprint density at radius 1 is 0.625 bits per heavy atom. The fraction of sp³-hybridized carbons (Fsp3) is 1.00. The van der Waals surface area contributed by atoms with E-state index in [1.807, 2.05) is 0 Å².